The number of thiophene rings is 1. The molecule has 0 saturated carbocycles. The van der Waals surface area contributed by atoms with Gasteiger partial charge in [0.25, 0.3) is 0 Å². The molecular formula is C11H14BrNO2S. The van der Waals surface area contributed by atoms with Gasteiger partial charge in [-0.2, -0.15) is 0 Å². The summed E-state index contributed by atoms with van der Waals surface area (Å²) in [7, 11) is 0. The number of halogens is 1. The first-order chi connectivity index (χ1) is 7.59. The first kappa shape index (κ1) is 12.1. The monoisotopic (exact) mass is 303 g/mol. The van der Waals surface area contributed by atoms with E-state index in [1.54, 1.807) is 11.3 Å². The average Bonchev–Trinajstić information content (AvgIpc) is 2.84. The number of aliphatic carboxylic acids is 1. The van der Waals surface area contributed by atoms with Crippen molar-refractivity contribution < 1.29 is 9.90 Å². The molecule has 2 heterocycles. The Balaban J connectivity index is 2.15. The van der Waals surface area contributed by atoms with Gasteiger partial charge in [0, 0.05) is 10.9 Å². The molecule has 1 saturated heterocycles. The molecule has 1 N–H and O–H groups in total. The Labute approximate surface area is 107 Å². The summed E-state index contributed by atoms with van der Waals surface area (Å²) < 4.78 is 1.10. The first-order valence-corrected chi connectivity index (χ1v) is 6.94. The highest BCUT2D eigenvalue weighted by atomic mass is 79.9. The van der Waals surface area contributed by atoms with Crippen LogP contribution in [0.4, 0.5) is 0 Å². The Bertz CT molecular complexity index is 393. The smallest absolute Gasteiger partial charge is 0.320 e. The van der Waals surface area contributed by atoms with Gasteiger partial charge in [0.2, 0.25) is 0 Å². The topological polar surface area (TPSA) is 40.5 Å². The van der Waals surface area contributed by atoms with Crippen LogP contribution in [0.25, 0.3) is 0 Å². The Morgan fingerprint density at radius 3 is 3.00 bits per heavy atom. The number of likely N-dealkylation sites (tertiary alicyclic amines) is 1. The SMILES string of the molecule is CC(c1ccc(Br)s1)N1CCCC1C(=O)O. The normalized spacial score (nSPS) is 23.5. The summed E-state index contributed by atoms with van der Waals surface area (Å²) in [5.74, 6) is -0.694. The fourth-order valence-corrected chi connectivity index (χ4v) is 3.73. The summed E-state index contributed by atoms with van der Waals surface area (Å²) >= 11 is 5.12. The lowest BCUT2D eigenvalue weighted by molar-refractivity contribution is -0.142. The molecule has 0 amide bonds. The second-order valence-electron chi connectivity index (χ2n) is 4.05. The predicted molar refractivity (Wildman–Crippen MR) is 67.8 cm³/mol. The molecule has 2 atom stereocenters. The van der Waals surface area contributed by atoms with Crippen LogP contribution in [0.15, 0.2) is 15.9 Å². The van der Waals surface area contributed by atoms with Gasteiger partial charge in [0.1, 0.15) is 6.04 Å². The summed E-state index contributed by atoms with van der Waals surface area (Å²) in [4.78, 5) is 14.4. The number of hydrogen-bond acceptors (Lipinski definition) is 3. The van der Waals surface area contributed by atoms with Gasteiger partial charge in [-0.15, -0.1) is 11.3 Å². The van der Waals surface area contributed by atoms with Crippen molar-refractivity contribution in [2.45, 2.75) is 31.8 Å². The fourth-order valence-electron chi connectivity index (χ4n) is 2.23. The number of rotatable bonds is 3. The van der Waals surface area contributed by atoms with Crippen LogP contribution in [0, 0.1) is 0 Å². The maximum Gasteiger partial charge on any atom is 0.320 e. The molecule has 0 aromatic carbocycles. The van der Waals surface area contributed by atoms with Crippen molar-refractivity contribution in [2.24, 2.45) is 0 Å². The Morgan fingerprint density at radius 1 is 1.69 bits per heavy atom. The van der Waals surface area contributed by atoms with Crippen LogP contribution in [0.5, 0.6) is 0 Å². The molecule has 5 heteroatoms. The van der Waals surface area contributed by atoms with Gasteiger partial charge in [0.05, 0.1) is 3.79 Å². The van der Waals surface area contributed by atoms with Crippen LogP contribution in [0.3, 0.4) is 0 Å². The van der Waals surface area contributed by atoms with E-state index in [1.807, 2.05) is 6.07 Å². The second-order valence-corrected chi connectivity index (χ2v) is 6.55. The molecule has 2 unspecified atom stereocenters. The highest BCUT2D eigenvalue weighted by Crippen LogP contribution is 2.34. The molecule has 2 rings (SSSR count). The van der Waals surface area contributed by atoms with E-state index in [-0.39, 0.29) is 12.1 Å². The van der Waals surface area contributed by atoms with Gasteiger partial charge in [0.15, 0.2) is 0 Å². The Morgan fingerprint density at radius 2 is 2.44 bits per heavy atom. The van der Waals surface area contributed by atoms with Crippen LogP contribution in [-0.2, 0) is 4.79 Å². The number of carboxylic acids is 1. The summed E-state index contributed by atoms with van der Waals surface area (Å²) in [5.41, 5.74) is 0. The third kappa shape index (κ3) is 2.31. The van der Waals surface area contributed by atoms with E-state index in [9.17, 15) is 4.79 Å². The van der Waals surface area contributed by atoms with E-state index < -0.39 is 5.97 Å². The minimum absolute atomic E-state index is 0.194. The number of carboxylic acid groups (broad SMARTS) is 1. The highest BCUT2D eigenvalue weighted by Gasteiger charge is 2.34. The molecule has 0 aliphatic carbocycles. The van der Waals surface area contributed by atoms with E-state index in [2.05, 4.69) is 33.8 Å². The third-order valence-corrected chi connectivity index (χ3v) is 4.88. The van der Waals surface area contributed by atoms with E-state index in [0.29, 0.717) is 0 Å². The lowest BCUT2D eigenvalue weighted by atomic mass is 10.2. The average molecular weight is 304 g/mol. The summed E-state index contributed by atoms with van der Waals surface area (Å²) in [5, 5.41) is 9.14. The Kier molecular flexibility index (Phi) is 3.66. The van der Waals surface area contributed by atoms with E-state index in [1.165, 1.54) is 4.88 Å². The zero-order valence-corrected chi connectivity index (χ0v) is 11.4. The van der Waals surface area contributed by atoms with Crippen LogP contribution >= 0.6 is 27.3 Å². The molecule has 1 aliphatic heterocycles. The van der Waals surface area contributed by atoms with E-state index in [4.69, 9.17) is 5.11 Å². The number of carbonyl (C=O) groups is 1. The lowest BCUT2D eigenvalue weighted by Crippen LogP contribution is -2.37. The van der Waals surface area contributed by atoms with Crippen LogP contribution < -0.4 is 0 Å². The summed E-state index contributed by atoms with van der Waals surface area (Å²) in [6.45, 7) is 2.97. The molecule has 3 nitrogen and oxygen atoms in total. The molecule has 1 aliphatic rings. The largest absolute Gasteiger partial charge is 0.480 e. The van der Waals surface area contributed by atoms with Gasteiger partial charge in [-0.05, 0) is 54.4 Å². The predicted octanol–water partition coefficient (Wildman–Crippen LogP) is 3.12. The molecule has 16 heavy (non-hydrogen) atoms. The second kappa shape index (κ2) is 4.85. The molecule has 1 aromatic rings. The summed E-state index contributed by atoms with van der Waals surface area (Å²) in [6, 6.07) is 3.97. The highest BCUT2D eigenvalue weighted by molar-refractivity contribution is 9.11. The van der Waals surface area contributed by atoms with Crippen molar-refractivity contribution in [3.8, 4) is 0 Å². The van der Waals surface area contributed by atoms with E-state index >= 15 is 0 Å². The summed E-state index contributed by atoms with van der Waals surface area (Å²) in [6.07, 6.45) is 1.75. The number of hydrogen-bond donors (Lipinski definition) is 1. The third-order valence-electron chi connectivity index (χ3n) is 3.08. The van der Waals surface area contributed by atoms with Crippen LogP contribution in [0.1, 0.15) is 30.7 Å². The van der Waals surface area contributed by atoms with Gasteiger partial charge in [-0.1, -0.05) is 0 Å². The first-order valence-electron chi connectivity index (χ1n) is 5.33. The molecule has 88 valence electrons. The van der Waals surface area contributed by atoms with Crippen LogP contribution in [-0.4, -0.2) is 28.6 Å². The maximum absolute atomic E-state index is 11.1. The van der Waals surface area contributed by atoms with Gasteiger partial charge in [-0.25, -0.2) is 0 Å². The van der Waals surface area contributed by atoms with Gasteiger partial charge in [-0.3, -0.25) is 9.69 Å². The zero-order chi connectivity index (χ0) is 11.7. The van der Waals surface area contributed by atoms with Crippen molar-refractivity contribution in [3.63, 3.8) is 0 Å². The minimum atomic E-state index is -0.694. The van der Waals surface area contributed by atoms with Crippen molar-refractivity contribution in [1.29, 1.82) is 0 Å². The van der Waals surface area contributed by atoms with Gasteiger partial charge >= 0.3 is 5.97 Å². The minimum Gasteiger partial charge on any atom is -0.480 e. The maximum atomic E-state index is 11.1. The van der Waals surface area contributed by atoms with Gasteiger partial charge < -0.3 is 5.11 Å². The molecule has 1 aromatic heterocycles. The van der Waals surface area contributed by atoms with E-state index in [0.717, 1.165) is 23.2 Å². The van der Waals surface area contributed by atoms with Crippen molar-refractivity contribution in [2.75, 3.05) is 6.54 Å². The zero-order valence-electron chi connectivity index (χ0n) is 9.02. The Hall–Kier alpha value is -0.390. The molecular weight excluding hydrogens is 290 g/mol. The van der Waals surface area contributed by atoms with Crippen LogP contribution in [0.2, 0.25) is 0 Å². The molecule has 0 spiro atoms. The van der Waals surface area contributed by atoms with Crippen molar-refractivity contribution in [1.82, 2.24) is 4.90 Å². The standard InChI is InChI=1S/C11H14BrNO2S/c1-7(9-4-5-10(12)16-9)13-6-2-3-8(13)11(14)15/h4-5,7-8H,2-3,6H2,1H3,(H,14,15). The fraction of sp³-hybridized carbons (Fsp3) is 0.545. The quantitative estimate of drug-likeness (QED) is 0.932. The molecule has 0 radical (unpaired) electrons. The molecule has 1 fully saturated rings. The van der Waals surface area contributed by atoms with Crippen molar-refractivity contribution in [3.05, 3.63) is 20.8 Å². The molecule has 0 bridgehead atoms. The lowest BCUT2D eigenvalue weighted by Gasteiger charge is -2.27. The number of nitrogens with zero attached hydrogens (tertiary/aromatic N) is 1. The van der Waals surface area contributed by atoms with Crippen molar-refractivity contribution >= 4 is 33.2 Å².